The number of nitrogens with zero attached hydrogens (tertiary/aromatic N) is 2. The largest absolute Gasteiger partial charge is 0.496 e. The minimum atomic E-state index is 0.0638. The van der Waals surface area contributed by atoms with Gasteiger partial charge in [0.1, 0.15) is 5.75 Å². The predicted octanol–water partition coefficient (Wildman–Crippen LogP) is 2.00. The first kappa shape index (κ1) is 18.4. The maximum Gasteiger partial charge on any atom is 0.224 e. The fourth-order valence-electron chi connectivity index (χ4n) is 3.07. The summed E-state index contributed by atoms with van der Waals surface area (Å²) in [5.41, 5.74) is 2.04. The molecule has 1 aliphatic heterocycles. The van der Waals surface area contributed by atoms with Crippen molar-refractivity contribution in [3.8, 4) is 5.75 Å². The maximum absolute atomic E-state index is 13.0. The first-order chi connectivity index (χ1) is 12.8. The lowest BCUT2D eigenvalue weighted by Crippen LogP contribution is -2.45. The average molecular weight is 355 g/mol. The Kier molecular flexibility index (Phi) is 6.57. The lowest BCUT2D eigenvalue weighted by Gasteiger charge is -2.28. The third-order valence-electron chi connectivity index (χ3n) is 4.45. The van der Waals surface area contributed by atoms with Gasteiger partial charge in [0.25, 0.3) is 0 Å². The van der Waals surface area contributed by atoms with Gasteiger partial charge < -0.3 is 19.7 Å². The molecular weight excluding hydrogens is 330 g/mol. The second-order valence-corrected chi connectivity index (χ2v) is 6.35. The van der Waals surface area contributed by atoms with Gasteiger partial charge in [0.2, 0.25) is 5.91 Å². The first-order valence-corrected chi connectivity index (χ1v) is 8.86. The van der Waals surface area contributed by atoms with Gasteiger partial charge >= 0.3 is 0 Å². The number of ether oxygens (including phenoxy) is 2. The maximum atomic E-state index is 13.0. The minimum absolute atomic E-state index is 0.0638. The molecule has 1 atom stereocenters. The summed E-state index contributed by atoms with van der Waals surface area (Å²) in [4.78, 5) is 18.9. The highest BCUT2D eigenvalue weighted by atomic mass is 16.5. The van der Waals surface area contributed by atoms with Gasteiger partial charge in [-0.3, -0.25) is 9.78 Å². The Morgan fingerprint density at radius 1 is 1.27 bits per heavy atom. The highest BCUT2D eigenvalue weighted by Gasteiger charge is 2.22. The van der Waals surface area contributed by atoms with Gasteiger partial charge in [0, 0.05) is 50.1 Å². The Morgan fingerprint density at radius 3 is 2.81 bits per heavy atom. The molecule has 1 amide bonds. The molecular formula is C20H25N3O3. The monoisotopic (exact) mass is 355 g/mol. The summed E-state index contributed by atoms with van der Waals surface area (Å²) in [7, 11) is 1.65. The number of nitrogens with one attached hydrogen (secondary N) is 1. The van der Waals surface area contributed by atoms with Gasteiger partial charge in [0.15, 0.2) is 0 Å². The second kappa shape index (κ2) is 9.31. The molecule has 2 heterocycles. The van der Waals surface area contributed by atoms with Crippen LogP contribution in [0.3, 0.4) is 0 Å². The van der Waals surface area contributed by atoms with Crippen LogP contribution in [0, 0.1) is 0 Å². The molecule has 0 saturated carbocycles. The first-order valence-electron chi connectivity index (χ1n) is 8.86. The summed E-state index contributed by atoms with van der Waals surface area (Å²) in [5, 5.41) is 3.35. The molecule has 138 valence electrons. The van der Waals surface area contributed by atoms with E-state index in [4.69, 9.17) is 9.47 Å². The minimum Gasteiger partial charge on any atom is -0.496 e. The van der Waals surface area contributed by atoms with Crippen LogP contribution in [0.2, 0.25) is 0 Å². The number of methoxy groups -OCH3 is 1. The van der Waals surface area contributed by atoms with Crippen LogP contribution in [-0.2, 0) is 22.6 Å². The van der Waals surface area contributed by atoms with E-state index in [1.165, 1.54) is 0 Å². The Labute approximate surface area is 154 Å². The van der Waals surface area contributed by atoms with Crippen molar-refractivity contribution in [2.24, 2.45) is 0 Å². The molecule has 26 heavy (non-hydrogen) atoms. The molecule has 0 radical (unpaired) electrons. The molecule has 6 heteroatoms. The number of para-hydroxylation sites is 1. The zero-order chi connectivity index (χ0) is 18.2. The normalized spacial score (nSPS) is 16.9. The number of carbonyl (C=O) groups is 1. The smallest absolute Gasteiger partial charge is 0.224 e. The van der Waals surface area contributed by atoms with Crippen molar-refractivity contribution in [1.29, 1.82) is 0 Å². The summed E-state index contributed by atoms with van der Waals surface area (Å²) in [6.45, 7) is 3.09. The van der Waals surface area contributed by atoms with Gasteiger partial charge in [-0.05, 0) is 23.8 Å². The quantitative estimate of drug-likeness (QED) is 0.823. The van der Waals surface area contributed by atoms with Gasteiger partial charge in [-0.1, -0.05) is 18.2 Å². The van der Waals surface area contributed by atoms with E-state index < -0.39 is 0 Å². The zero-order valence-corrected chi connectivity index (χ0v) is 15.1. The highest BCUT2D eigenvalue weighted by Crippen LogP contribution is 2.21. The van der Waals surface area contributed by atoms with Crippen molar-refractivity contribution < 1.29 is 14.3 Å². The Morgan fingerprint density at radius 2 is 2.08 bits per heavy atom. The molecule has 6 nitrogen and oxygen atoms in total. The molecule has 0 bridgehead atoms. The second-order valence-electron chi connectivity index (χ2n) is 6.35. The van der Waals surface area contributed by atoms with Gasteiger partial charge in [-0.25, -0.2) is 0 Å². The summed E-state index contributed by atoms with van der Waals surface area (Å²) in [5.74, 6) is 0.884. The fourth-order valence-corrected chi connectivity index (χ4v) is 3.07. The topological polar surface area (TPSA) is 63.7 Å². The lowest BCUT2D eigenvalue weighted by molar-refractivity contribution is -0.133. The molecule has 1 saturated heterocycles. The standard InChI is InChI=1S/C20H25N3O3/c1-25-19-5-3-2-4-17(19)14-23(13-16-6-8-21-9-7-16)20(24)12-18-15-26-11-10-22-18/h2-9,18,22H,10-15H2,1H3/t18-/m0/s1. The van der Waals surface area contributed by atoms with Crippen LogP contribution in [0.1, 0.15) is 17.5 Å². The number of aromatic nitrogens is 1. The number of hydrogen-bond donors (Lipinski definition) is 1. The zero-order valence-electron chi connectivity index (χ0n) is 15.1. The van der Waals surface area contributed by atoms with E-state index in [9.17, 15) is 4.79 Å². The third kappa shape index (κ3) is 5.03. The molecule has 1 aromatic carbocycles. The van der Waals surface area contributed by atoms with Crippen LogP contribution in [0.4, 0.5) is 0 Å². The molecule has 3 rings (SSSR count). The van der Waals surface area contributed by atoms with Crippen molar-refractivity contribution in [3.63, 3.8) is 0 Å². The number of carbonyl (C=O) groups excluding carboxylic acids is 1. The van der Waals surface area contributed by atoms with E-state index in [1.807, 2.05) is 41.3 Å². The predicted molar refractivity (Wildman–Crippen MR) is 98.7 cm³/mol. The van der Waals surface area contributed by atoms with Crippen molar-refractivity contribution in [1.82, 2.24) is 15.2 Å². The van der Waals surface area contributed by atoms with E-state index in [2.05, 4.69) is 10.3 Å². The third-order valence-corrected chi connectivity index (χ3v) is 4.45. The van der Waals surface area contributed by atoms with E-state index >= 15 is 0 Å². The SMILES string of the molecule is COc1ccccc1CN(Cc1ccncc1)C(=O)C[C@H]1COCCN1. The number of pyridine rings is 1. The molecule has 0 aliphatic carbocycles. The van der Waals surface area contributed by atoms with E-state index in [0.29, 0.717) is 32.7 Å². The van der Waals surface area contributed by atoms with Crippen molar-refractivity contribution in [3.05, 3.63) is 59.9 Å². The molecule has 1 aliphatic rings. The van der Waals surface area contributed by atoms with Gasteiger partial charge in [-0.15, -0.1) is 0 Å². The highest BCUT2D eigenvalue weighted by molar-refractivity contribution is 5.77. The number of morpholine rings is 1. The number of benzene rings is 1. The molecule has 1 N–H and O–H groups in total. The van der Waals surface area contributed by atoms with E-state index in [0.717, 1.165) is 23.4 Å². The fraction of sp³-hybridized carbons (Fsp3) is 0.400. The van der Waals surface area contributed by atoms with Crippen molar-refractivity contribution in [2.45, 2.75) is 25.6 Å². The Hall–Kier alpha value is -2.44. The summed E-state index contributed by atoms with van der Waals surface area (Å²) >= 11 is 0. The van der Waals surface area contributed by atoms with Gasteiger partial charge in [0.05, 0.1) is 20.3 Å². The van der Waals surface area contributed by atoms with E-state index in [1.54, 1.807) is 19.5 Å². The van der Waals surface area contributed by atoms with E-state index in [-0.39, 0.29) is 11.9 Å². The summed E-state index contributed by atoms with van der Waals surface area (Å²) < 4.78 is 10.9. The average Bonchev–Trinajstić information content (AvgIpc) is 2.69. The molecule has 1 aromatic heterocycles. The molecule has 1 fully saturated rings. The van der Waals surface area contributed by atoms with Gasteiger partial charge in [-0.2, -0.15) is 0 Å². The van der Waals surface area contributed by atoms with Crippen LogP contribution >= 0.6 is 0 Å². The van der Waals surface area contributed by atoms with Crippen molar-refractivity contribution in [2.75, 3.05) is 26.9 Å². The summed E-state index contributed by atoms with van der Waals surface area (Å²) in [6, 6.07) is 11.7. The Bertz CT molecular complexity index is 702. The molecule has 2 aromatic rings. The number of amides is 1. The van der Waals surface area contributed by atoms with Crippen LogP contribution in [-0.4, -0.2) is 48.7 Å². The summed E-state index contributed by atoms with van der Waals surface area (Å²) in [6.07, 6.45) is 3.91. The van der Waals surface area contributed by atoms with Crippen LogP contribution < -0.4 is 10.1 Å². The van der Waals surface area contributed by atoms with Crippen LogP contribution in [0.5, 0.6) is 5.75 Å². The number of rotatable bonds is 7. The molecule has 0 spiro atoms. The molecule has 0 unspecified atom stereocenters. The van der Waals surface area contributed by atoms with Crippen LogP contribution in [0.15, 0.2) is 48.8 Å². The van der Waals surface area contributed by atoms with Crippen LogP contribution in [0.25, 0.3) is 0 Å². The Balaban J connectivity index is 1.75. The number of hydrogen-bond acceptors (Lipinski definition) is 5. The lowest BCUT2D eigenvalue weighted by atomic mass is 10.1. The van der Waals surface area contributed by atoms with Crippen molar-refractivity contribution >= 4 is 5.91 Å².